The van der Waals surface area contributed by atoms with Gasteiger partial charge in [-0.1, -0.05) is 36.7 Å². The lowest BCUT2D eigenvalue weighted by Crippen LogP contribution is -2.46. The third-order valence-electron chi connectivity index (χ3n) is 8.66. The first-order chi connectivity index (χ1) is 17.4. The predicted octanol–water partition coefficient (Wildman–Crippen LogP) is 6.54. The topological polar surface area (TPSA) is 69.7 Å². The van der Waals surface area contributed by atoms with Crippen molar-refractivity contribution in [3.63, 3.8) is 0 Å². The fraction of sp³-hybridized carbons (Fsp3) is 0.516. The molecule has 0 heterocycles. The van der Waals surface area contributed by atoms with Crippen LogP contribution in [0.3, 0.4) is 0 Å². The van der Waals surface area contributed by atoms with E-state index in [0.717, 1.165) is 35.4 Å². The number of aryl methyl sites for hydroxylation is 1. The van der Waals surface area contributed by atoms with Gasteiger partial charge in [-0.15, -0.1) is 0 Å². The summed E-state index contributed by atoms with van der Waals surface area (Å²) in [6.45, 7) is 9.24. The number of esters is 2. The van der Waals surface area contributed by atoms with E-state index in [-0.39, 0.29) is 17.7 Å². The summed E-state index contributed by atoms with van der Waals surface area (Å²) in [5.41, 5.74) is 4.83. The molecule has 3 aliphatic carbocycles. The molecule has 1 fully saturated rings. The maximum atomic E-state index is 13.6. The van der Waals surface area contributed by atoms with Crippen molar-refractivity contribution in [2.24, 2.45) is 17.3 Å². The van der Waals surface area contributed by atoms with Crippen LogP contribution in [0.5, 0.6) is 0 Å². The van der Waals surface area contributed by atoms with E-state index in [1.54, 1.807) is 6.92 Å². The molecule has 2 aromatic rings. The number of carbonyl (C=O) groups is 3. The van der Waals surface area contributed by atoms with E-state index < -0.39 is 29.0 Å². The van der Waals surface area contributed by atoms with Crippen molar-refractivity contribution in [3.8, 4) is 11.1 Å². The summed E-state index contributed by atoms with van der Waals surface area (Å²) in [5, 5.41) is 0.735. The molecule has 4 atom stereocenters. The minimum atomic E-state index is -1.02. The van der Waals surface area contributed by atoms with Crippen LogP contribution in [0.15, 0.2) is 30.3 Å². The smallest absolute Gasteiger partial charge is 0.313 e. The highest BCUT2D eigenvalue weighted by atomic mass is 35.5. The van der Waals surface area contributed by atoms with Crippen LogP contribution in [0.1, 0.15) is 80.9 Å². The summed E-state index contributed by atoms with van der Waals surface area (Å²) in [5.74, 6) is -1.63. The molecule has 5 nitrogen and oxygen atoms in total. The Kier molecular flexibility index (Phi) is 6.50. The lowest BCUT2D eigenvalue weighted by molar-refractivity contribution is -0.176. The molecule has 5 rings (SSSR count). The normalized spacial score (nSPS) is 26.6. The van der Waals surface area contributed by atoms with E-state index in [4.69, 9.17) is 21.1 Å². The molecular formula is C31H35ClO5. The molecule has 196 valence electrons. The number of ketones is 1. The van der Waals surface area contributed by atoms with Crippen LogP contribution in [0.25, 0.3) is 11.1 Å². The van der Waals surface area contributed by atoms with E-state index in [1.165, 1.54) is 16.7 Å². The fourth-order valence-electron chi connectivity index (χ4n) is 6.43. The van der Waals surface area contributed by atoms with Gasteiger partial charge in [0.2, 0.25) is 5.78 Å². The lowest BCUT2D eigenvalue weighted by Gasteiger charge is -2.35. The second-order valence-electron chi connectivity index (χ2n) is 12.1. The number of Topliss-reactive ketones (excluding diaryl/α,β-unsaturated/α-hetero) is 1. The van der Waals surface area contributed by atoms with Crippen molar-refractivity contribution in [3.05, 3.63) is 57.6 Å². The molecule has 0 N–H and O–H groups in total. The summed E-state index contributed by atoms with van der Waals surface area (Å²) in [7, 11) is 0. The molecule has 0 radical (unpaired) electrons. The molecule has 2 unspecified atom stereocenters. The zero-order chi connectivity index (χ0) is 26.7. The Hall–Kier alpha value is -2.66. The van der Waals surface area contributed by atoms with Crippen molar-refractivity contribution >= 4 is 29.3 Å². The van der Waals surface area contributed by atoms with Crippen LogP contribution >= 0.6 is 11.6 Å². The average Bonchev–Trinajstić information content (AvgIpc) is 3.14. The van der Waals surface area contributed by atoms with Gasteiger partial charge in [-0.2, -0.15) is 0 Å². The number of ether oxygens (including phenoxy) is 2. The van der Waals surface area contributed by atoms with Gasteiger partial charge < -0.3 is 9.47 Å². The molecule has 1 saturated carbocycles. The van der Waals surface area contributed by atoms with E-state index >= 15 is 0 Å². The molecule has 0 bridgehead atoms. The van der Waals surface area contributed by atoms with Crippen molar-refractivity contribution < 1.29 is 23.9 Å². The standard InChI is InChI=1S/C31H35ClO5/c1-17-6-14-25(28(34)37-30(2,3)4)31(17,5)29(35)36-26-15-13-23-22-9-7-18-16-19(32)8-10-20(18)21(22)11-12-24(23)27(26)33/h8,10-12,16-17,25-26H,6-7,9,13-15H2,1-5H3/t17-,25?,26?,31+/m1/s1. The lowest BCUT2D eigenvalue weighted by atomic mass is 9.74. The first kappa shape index (κ1) is 26.0. The number of rotatable bonds is 3. The van der Waals surface area contributed by atoms with Crippen molar-refractivity contribution in [1.29, 1.82) is 0 Å². The predicted molar refractivity (Wildman–Crippen MR) is 143 cm³/mol. The third-order valence-corrected chi connectivity index (χ3v) is 8.90. The highest BCUT2D eigenvalue weighted by molar-refractivity contribution is 6.30. The summed E-state index contributed by atoms with van der Waals surface area (Å²) in [4.78, 5) is 40.1. The molecule has 0 amide bonds. The average molecular weight is 523 g/mol. The van der Waals surface area contributed by atoms with E-state index in [1.807, 2.05) is 52.0 Å². The van der Waals surface area contributed by atoms with Crippen LogP contribution in [0.2, 0.25) is 5.02 Å². The van der Waals surface area contributed by atoms with Crippen LogP contribution in [0, 0.1) is 17.3 Å². The SMILES string of the molecule is C[C@@H]1CCC(C(=O)OC(C)(C)C)[C@@]1(C)C(=O)OC1CCc2c(ccc3c2CCc2cc(Cl)ccc2-3)C1=O. The van der Waals surface area contributed by atoms with Crippen molar-refractivity contribution in [1.82, 2.24) is 0 Å². The fourth-order valence-corrected chi connectivity index (χ4v) is 6.62. The van der Waals surface area contributed by atoms with Gasteiger partial charge >= 0.3 is 11.9 Å². The highest BCUT2D eigenvalue weighted by Gasteiger charge is 2.56. The first-order valence-corrected chi connectivity index (χ1v) is 13.7. The molecule has 0 aliphatic heterocycles. The first-order valence-electron chi connectivity index (χ1n) is 13.3. The molecule has 2 aromatic carbocycles. The zero-order valence-electron chi connectivity index (χ0n) is 22.3. The van der Waals surface area contributed by atoms with Gasteiger partial charge in [0.25, 0.3) is 0 Å². The number of halogens is 1. The molecule has 0 aromatic heterocycles. The summed E-state index contributed by atoms with van der Waals surface area (Å²) >= 11 is 6.20. The van der Waals surface area contributed by atoms with Crippen LogP contribution in [-0.2, 0) is 38.3 Å². The monoisotopic (exact) mass is 522 g/mol. The van der Waals surface area contributed by atoms with Crippen LogP contribution in [-0.4, -0.2) is 29.4 Å². The second kappa shape index (κ2) is 9.27. The Morgan fingerprint density at radius 3 is 2.35 bits per heavy atom. The Morgan fingerprint density at radius 2 is 1.62 bits per heavy atom. The zero-order valence-corrected chi connectivity index (χ0v) is 23.0. The summed E-state index contributed by atoms with van der Waals surface area (Å²) in [6.07, 6.45) is 3.33. The number of hydrogen-bond acceptors (Lipinski definition) is 5. The summed E-state index contributed by atoms with van der Waals surface area (Å²) in [6, 6.07) is 9.88. The molecule has 37 heavy (non-hydrogen) atoms. The minimum absolute atomic E-state index is 0.0518. The number of benzene rings is 2. The maximum absolute atomic E-state index is 13.6. The third kappa shape index (κ3) is 4.50. The van der Waals surface area contributed by atoms with E-state index in [2.05, 4.69) is 6.07 Å². The molecule has 0 spiro atoms. The van der Waals surface area contributed by atoms with Crippen LogP contribution in [0.4, 0.5) is 0 Å². The number of carbonyl (C=O) groups excluding carboxylic acids is 3. The Bertz CT molecular complexity index is 1290. The second-order valence-corrected chi connectivity index (χ2v) is 12.5. The molecular weight excluding hydrogens is 488 g/mol. The van der Waals surface area contributed by atoms with Gasteiger partial charge in [-0.05, 0) is 112 Å². The largest absolute Gasteiger partial charge is 0.460 e. The Labute approximate surface area is 223 Å². The van der Waals surface area contributed by atoms with Gasteiger partial charge in [0.15, 0.2) is 6.10 Å². The van der Waals surface area contributed by atoms with Crippen molar-refractivity contribution in [2.75, 3.05) is 0 Å². The number of fused-ring (bicyclic) bond motifs is 5. The quantitative estimate of drug-likeness (QED) is 0.428. The maximum Gasteiger partial charge on any atom is 0.313 e. The van der Waals surface area contributed by atoms with Gasteiger partial charge in [0.1, 0.15) is 5.60 Å². The van der Waals surface area contributed by atoms with Gasteiger partial charge in [0.05, 0.1) is 11.3 Å². The van der Waals surface area contributed by atoms with E-state index in [9.17, 15) is 14.4 Å². The van der Waals surface area contributed by atoms with E-state index in [0.29, 0.717) is 24.8 Å². The van der Waals surface area contributed by atoms with Gasteiger partial charge in [-0.3, -0.25) is 14.4 Å². The van der Waals surface area contributed by atoms with Gasteiger partial charge in [0, 0.05) is 10.6 Å². The summed E-state index contributed by atoms with van der Waals surface area (Å²) < 4.78 is 11.6. The Morgan fingerprint density at radius 1 is 0.946 bits per heavy atom. The van der Waals surface area contributed by atoms with Gasteiger partial charge in [-0.25, -0.2) is 0 Å². The molecule has 0 saturated heterocycles. The molecule has 3 aliphatic rings. The molecule has 6 heteroatoms. The van der Waals surface area contributed by atoms with Crippen molar-refractivity contribution in [2.45, 2.75) is 84.8 Å². The number of hydrogen-bond donors (Lipinski definition) is 0. The minimum Gasteiger partial charge on any atom is -0.460 e. The highest BCUT2D eigenvalue weighted by Crippen LogP contribution is 2.50. The Balaban J connectivity index is 1.38. The van der Waals surface area contributed by atoms with Crippen LogP contribution < -0.4 is 0 Å².